The SMILES string of the molecule is COc1ccccc1CC(=O)c1cccnc1. The highest BCUT2D eigenvalue weighted by Crippen LogP contribution is 2.19. The summed E-state index contributed by atoms with van der Waals surface area (Å²) in [4.78, 5) is 15.9. The normalized spacial score (nSPS) is 9.94. The van der Waals surface area contributed by atoms with E-state index in [2.05, 4.69) is 4.98 Å². The first-order valence-electron chi connectivity index (χ1n) is 5.36. The summed E-state index contributed by atoms with van der Waals surface area (Å²) >= 11 is 0. The number of nitrogens with zero attached hydrogens (tertiary/aromatic N) is 1. The monoisotopic (exact) mass is 227 g/mol. The van der Waals surface area contributed by atoms with Crippen molar-refractivity contribution in [3.8, 4) is 5.75 Å². The molecule has 17 heavy (non-hydrogen) atoms. The summed E-state index contributed by atoms with van der Waals surface area (Å²) in [5.74, 6) is 0.785. The molecule has 0 unspecified atom stereocenters. The van der Waals surface area contributed by atoms with Gasteiger partial charge in [-0.15, -0.1) is 0 Å². The Kier molecular flexibility index (Phi) is 3.50. The maximum Gasteiger partial charge on any atom is 0.168 e. The van der Waals surface area contributed by atoms with Crippen molar-refractivity contribution in [2.45, 2.75) is 6.42 Å². The van der Waals surface area contributed by atoms with Crippen LogP contribution < -0.4 is 4.74 Å². The lowest BCUT2D eigenvalue weighted by molar-refractivity contribution is 0.0991. The van der Waals surface area contributed by atoms with Crippen LogP contribution in [0.15, 0.2) is 48.8 Å². The number of aromatic nitrogens is 1. The number of hydrogen-bond acceptors (Lipinski definition) is 3. The van der Waals surface area contributed by atoms with E-state index in [-0.39, 0.29) is 5.78 Å². The maximum absolute atomic E-state index is 12.0. The van der Waals surface area contributed by atoms with Crippen LogP contribution in [-0.2, 0) is 6.42 Å². The molecule has 0 spiro atoms. The van der Waals surface area contributed by atoms with E-state index in [0.29, 0.717) is 12.0 Å². The average molecular weight is 227 g/mol. The highest BCUT2D eigenvalue weighted by atomic mass is 16.5. The van der Waals surface area contributed by atoms with Crippen LogP contribution in [0.5, 0.6) is 5.75 Å². The molecule has 0 N–H and O–H groups in total. The molecule has 2 rings (SSSR count). The lowest BCUT2D eigenvalue weighted by atomic mass is 10.0. The molecule has 0 aliphatic heterocycles. The van der Waals surface area contributed by atoms with Gasteiger partial charge < -0.3 is 4.74 Å². The number of ketones is 1. The number of pyridine rings is 1. The Balaban J connectivity index is 2.19. The topological polar surface area (TPSA) is 39.2 Å². The van der Waals surface area contributed by atoms with Gasteiger partial charge in [0, 0.05) is 29.9 Å². The average Bonchev–Trinajstić information content (AvgIpc) is 2.40. The maximum atomic E-state index is 12.0. The summed E-state index contributed by atoms with van der Waals surface area (Å²) in [7, 11) is 1.60. The molecule has 0 saturated heterocycles. The number of carbonyl (C=O) groups excluding carboxylic acids is 1. The number of hydrogen-bond donors (Lipinski definition) is 0. The third-order valence-electron chi connectivity index (χ3n) is 2.53. The second-order valence-corrected chi connectivity index (χ2v) is 3.65. The molecule has 0 fully saturated rings. The molecule has 0 radical (unpaired) electrons. The summed E-state index contributed by atoms with van der Waals surface area (Å²) < 4.78 is 5.21. The molecule has 3 nitrogen and oxygen atoms in total. The van der Waals surface area contributed by atoms with Crippen molar-refractivity contribution in [3.63, 3.8) is 0 Å². The molecule has 0 aliphatic carbocycles. The molecule has 0 aliphatic rings. The molecule has 2 aromatic rings. The summed E-state index contributed by atoms with van der Waals surface area (Å²) in [6, 6.07) is 11.1. The molecule has 0 saturated carbocycles. The lowest BCUT2D eigenvalue weighted by Gasteiger charge is -2.07. The Bertz CT molecular complexity index is 509. The van der Waals surface area contributed by atoms with Gasteiger partial charge >= 0.3 is 0 Å². The van der Waals surface area contributed by atoms with Gasteiger partial charge in [0.1, 0.15) is 5.75 Å². The number of Topliss-reactive ketones (excluding diaryl/α,β-unsaturated/α-hetero) is 1. The number of para-hydroxylation sites is 1. The van der Waals surface area contributed by atoms with Crippen molar-refractivity contribution in [2.24, 2.45) is 0 Å². The van der Waals surface area contributed by atoms with Crippen molar-refractivity contribution >= 4 is 5.78 Å². The first-order valence-corrected chi connectivity index (χ1v) is 5.36. The second-order valence-electron chi connectivity index (χ2n) is 3.65. The van der Waals surface area contributed by atoms with E-state index in [1.807, 2.05) is 24.3 Å². The smallest absolute Gasteiger partial charge is 0.168 e. The van der Waals surface area contributed by atoms with Gasteiger partial charge in [0.25, 0.3) is 0 Å². The first kappa shape index (κ1) is 11.3. The van der Waals surface area contributed by atoms with Gasteiger partial charge in [0.15, 0.2) is 5.78 Å². The fourth-order valence-electron chi connectivity index (χ4n) is 1.65. The van der Waals surface area contributed by atoms with E-state index in [1.54, 1.807) is 31.6 Å². The standard InChI is InChI=1S/C14H13NO2/c1-17-14-7-3-2-5-11(14)9-13(16)12-6-4-8-15-10-12/h2-8,10H,9H2,1H3. The molecule has 1 aromatic carbocycles. The number of methoxy groups -OCH3 is 1. The van der Waals surface area contributed by atoms with E-state index in [0.717, 1.165) is 11.3 Å². The van der Waals surface area contributed by atoms with E-state index in [4.69, 9.17) is 4.74 Å². The zero-order valence-electron chi connectivity index (χ0n) is 9.59. The van der Waals surface area contributed by atoms with Crippen LogP contribution in [0, 0.1) is 0 Å². The van der Waals surface area contributed by atoms with Gasteiger partial charge in [-0.1, -0.05) is 18.2 Å². The summed E-state index contributed by atoms with van der Waals surface area (Å²) in [5, 5.41) is 0. The molecule has 1 heterocycles. The quantitative estimate of drug-likeness (QED) is 0.753. The number of rotatable bonds is 4. The van der Waals surface area contributed by atoms with Crippen molar-refractivity contribution < 1.29 is 9.53 Å². The largest absolute Gasteiger partial charge is 0.496 e. The Hall–Kier alpha value is -2.16. The van der Waals surface area contributed by atoms with Gasteiger partial charge in [0.2, 0.25) is 0 Å². The molecule has 0 atom stereocenters. The zero-order chi connectivity index (χ0) is 12.1. The molecular formula is C14H13NO2. The van der Waals surface area contributed by atoms with Crippen molar-refractivity contribution in [1.29, 1.82) is 0 Å². The van der Waals surface area contributed by atoms with Crippen LogP contribution in [-0.4, -0.2) is 17.9 Å². The second kappa shape index (κ2) is 5.25. The van der Waals surface area contributed by atoms with E-state index < -0.39 is 0 Å². The number of ether oxygens (including phenoxy) is 1. The third kappa shape index (κ3) is 2.69. The van der Waals surface area contributed by atoms with Gasteiger partial charge in [-0.05, 0) is 18.2 Å². The summed E-state index contributed by atoms with van der Waals surface area (Å²) in [6.07, 6.45) is 3.56. The van der Waals surface area contributed by atoms with E-state index >= 15 is 0 Å². The number of benzene rings is 1. The Labute approximate surface area is 100 Å². The predicted molar refractivity (Wildman–Crippen MR) is 65.3 cm³/mol. The van der Waals surface area contributed by atoms with Crippen molar-refractivity contribution in [2.75, 3.05) is 7.11 Å². The fraction of sp³-hybridized carbons (Fsp3) is 0.143. The molecule has 86 valence electrons. The first-order chi connectivity index (χ1) is 8.31. The van der Waals surface area contributed by atoms with Crippen molar-refractivity contribution in [1.82, 2.24) is 4.98 Å². The fourth-order valence-corrected chi connectivity index (χ4v) is 1.65. The summed E-state index contributed by atoms with van der Waals surface area (Å²) in [6.45, 7) is 0. The molecule has 1 aromatic heterocycles. The molecule has 3 heteroatoms. The van der Waals surface area contributed by atoms with Crippen LogP contribution in [0.4, 0.5) is 0 Å². The summed E-state index contributed by atoms with van der Waals surface area (Å²) in [5.41, 5.74) is 1.52. The predicted octanol–water partition coefficient (Wildman–Crippen LogP) is 2.52. The van der Waals surface area contributed by atoms with Gasteiger partial charge in [-0.3, -0.25) is 9.78 Å². The minimum atomic E-state index is 0.0441. The van der Waals surface area contributed by atoms with Crippen LogP contribution in [0.1, 0.15) is 15.9 Å². The molecule has 0 bridgehead atoms. The third-order valence-corrected chi connectivity index (χ3v) is 2.53. The Morgan fingerprint density at radius 3 is 2.76 bits per heavy atom. The van der Waals surface area contributed by atoms with E-state index in [1.165, 1.54) is 0 Å². The van der Waals surface area contributed by atoms with Crippen LogP contribution in [0.3, 0.4) is 0 Å². The molecular weight excluding hydrogens is 214 g/mol. The van der Waals surface area contributed by atoms with Crippen LogP contribution in [0.25, 0.3) is 0 Å². The van der Waals surface area contributed by atoms with Gasteiger partial charge in [-0.25, -0.2) is 0 Å². The van der Waals surface area contributed by atoms with Crippen molar-refractivity contribution in [3.05, 3.63) is 59.9 Å². The highest BCUT2D eigenvalue weighted by molar-refractivity contribution is 5.97. The number of carbonyl (C=O) groups is 1. The minimum absolute atomic E-state index is 0.0441. The van der Waals surface area contributed by atoms with E-state index in [9.17, 15) is 4.79 Å². The van der Waals surface area contributed by atoms with Crippen LogP contribution in [0.2, 0.25) is 0 Å². The molecule has 0 amide bonds. The zero-order valence-corrected chi connectivity index (χ0v) is 9.59. The Morgan fingerprint density at radius 2 is 2.06 bits per heavy atom. The van der Waals surface area contributed by atoms with Crippen LogP contribution >= 0.6 is 0 Å². The van der Waals surface area contributed by atoms with Gasteiger partial charge in [-0.2, -0.15) is 0 Å². The highest BCUT2D eigenvalue weighted by Gasteiger charge is 2.10. The minimum Gasteiger partial charge on any atom is -0.496 e. The lowest BCUT2D eigenvalue weighted by Crippen LogP contribution is -2.05. The Morgan fingerprint density at radius 1 is 1.24 bits per heavy atom. The van der Waals surface area contributed by atoms with Gasteiger partial charge in [0.05, 0.1) is 7.11 Å².